The summed E-state index contributed by atoms with van der Waals surface area (Å²) in [7, 11) is 1.65. The topological polar surface area (TPSA) is 41.6 Å². The molecule has 1 rings (SSSR count). The molecule has 1 aliphatic heterocycles. The van der Waals surface area contributed by atoms with Gasteiger partial charge in [-0.15, -0.1) is 0 Å². The molecule has 94 valence electrons. The maximum atomic E-state index is 11.7. The van der Waals surface area contributed by atoms with E-state index in [4.69, 9.17) is 4.74 Å². The SMILES string of the molecule is COC[C@@H](C)NC(=O)CN1CCC(C)CC1. The Morgan fingerprint density at radius 3 is 2.69 bits per heavy atom. The summed E-state index contributed by atoms with van der Waals surface area (Å²) in [5, 5.41) is 2.93. The second kappa shape index (κ2) is 6.86. The van der Waals surface area contributed by atoms with Crippen molar-refractivity contribution >= 4 is 5.91 Å². The molecule has 0 bridgehead atoms. The highest BCUT2D eigenvalue weighted by molar-refractivity contribution is 5.78. The number of amides is 1. The molecule has 1 atom stereocenters. The molecule has 1 fully saturated rings. The van der Waals surface area contributed by atoms with E-state index in [-0.39, 0.29) is 11.9 Å². The number of likely N-dealkylation sites (tertiary alicyclic amines) is 1. The number of methoxy groups -OCH3 is 1. The number of hydrogen-bond donors (Lipinski definition) is 1. The summed E-state index contributed by atoms with van der Waals surface area (Å²) < 4.78 is 4.98. The van der Waals surface area contributed by atoms with Gasteiger partial charge in [-0.1, -0.05) is 6.92 Å². The van der Waals surface area contributed by atoms with Gasteiger partial charge in [-0.05, 0) is 38.8 Å². The number of carbonyl (C=O) groups is 1. The number of piperidine rings is 1. The van der Waals surface area contributed by atoms with Crippen LogP contribution >= 0.6 is 0 Å². The Balaban J connectivity index is 2.18. The lowest BCUT2D eigenvalue weighted by Crippen LogP contribution is -2.44. The van der Waals surface area contributed by atoms with Crippen LogP contribution in [-0.2, 0) is 9.53 Å². The Morgan fingerprint density at radius 2 is 2.12 bits per heavy atom. The molecule has 0 aromatic carbocycles. The lowest BCUT2D eigenvalue weighted by atomic mass is 9.99. The van der Waals surface area contributed by atoms with Crippen LogP contribution in [0.3, 0.4) is 0 Å². The molecule has 4 heteroatoms. The average molecular weight is 228 g/mol. The van der Waals surface area contributed by atoms with Crippen molar-refractivity contribution in [3.63, 3.8) is 0 Å². The molecule has 0 radical (unpaired) electrons. The number of nitrogens with one attached hydrogen (secondary N) is 1. The van der Waals surface area contributed by atoms with Crippen LogP contribution in [-0.4, -0.2) is 50.2 Å². The molecule has 0 aromatic rings. The van der Waals surface area contributed by atoms with Gasteiger partial charge in [-0.2, -0.15) is 0 Å². The van der Waals surface area contributed by atoms with Crippen molar-refractivity contribution in [1.29, 1.82) is 0 Å². The quantitative estimate of drug-likeness (QED) is 0.759. The summed E-state index contributed by atoms with van der Waals surface area (Å²) in [6, 6.07) is 0.0983. The van der Waals surface area contributed by atoms with Gasteiger partial charge < -0.3 is 10.1 Å². The van der Waals surface area contributed by atoms with E-state index in [9.17, 15) is 4.79 Å². The van der Waals surface area contributed by atoms with Crippen molar-refractivity contribution in [3.05, 3.63) is 0 Å². The highest BCUT2D eigenvalue weighted by Crippen LogP contribution is 2.15. The van der Waals surface area contributed by atoms with Crippen LogP contribution in [0.5, 0.6) is 0 Å². The zero-order valence-corrected chi connectivity index (χ0v) is 10.7. The third-order valence-electron chi connectivity index (χ3n) is 3.07. The molecule has 0 aliphatic carbocycles. The third-order valence-corrected chi connectivity index (χ3v) is 3.07. The Labute approximate surface area is 98.3 Å². The minimum atomic E-state index is 0.0983. The van der Waals surface area contributed by atoms with Crippen LogP contribution in [0.15, 0.2) is 0 Å². The smallest absolute Gasteiger partial charge is 0.234 e. The zero-order valence-electron chi connectivity index (χ0n) is 10.7. The van der Waals surface area contributed by atoms with Crippen molar-refractivity contribution < 1.29 is 9.53 Å². The molecule has 0 spiro atoms. The van der Waals surface area contributed by atoms with Gasteiger partial charge in [0.25, 0.3) is 0 Å². The monoisotopic (exact) mass is 228 g/mol. The zero-order chi connectivity index (χ0) is 12.0. The molecule has 0 unspecified atom stereocenters. The van der Waals surface area contributed by atoms with Crippen molar-refractivity contribution in [3.8, 4) is 0 Å². The van der Waals surface area contributed by atoms with Crippen molar-refractivity contribution in [2.75, 3.05) is 33.4 Å². The maximum absolute atomic E-state index is 11.7. The fourth-order valence-corrected chi connectivity index (χ4v) is 2.04. The van der Waals surface area contributed by atoms with Gasteiger partial charge in [-0.3, -0.25) is 9.69 Å². The number of ether oxygens (including phenoxy) is 1. The van der Waals surface area contributed by atoms with E-state index in [2.05, 4.69) is 17.1 Å². The van der Waals surface area contributed by atoms with Crippen LogP contribution in [0.1, 0.15) is 26.7 Å². The van der Waals surface area contributed by atoms with E-state index < -0.39 is 0 Å². The molecule has 1 saturated heterocycles. The fourth-order valence-electron chi connectivity index (χ4n) is 2.04. The largest absolute Gasteiger partial charge is 0.383 e. The Morgan fingerprint density at radius 1 is 1.50 bits per heavy atom. The second-order valence-corrected chi connectivity index (χ2v) is 4.88. The van der Waals surface area contributed by atoms with Crippen molar-refractivity contribution in [1.82, 2.24) is 10.2 Å². The standard InChI is InChI=1S/C12H24N2O2/c1-10-4-6-14(7-5-10)8-12(15)13-11(2)9-16-3/h10-11H,4-9H2,1-3H3,(H,13,15)/t11-/m1/s1. The van der Waals surface area contributed by atoms with Crippen molar-refractivity contribution in [2.24, 2.45) is 5.92 Å². The number of carbonyl (C=O) groups excluding carboxylic acids is 1. The number of nitrogens with zero attached hydrogens (tertiary/aromatic N) is 1. The van der Waals surface area contributed by atoms with Gasteiger partial charge in [0.15, 0.2) is 0 Å². The first-order valence-electron chi connectivity index (χ1n) is 6.12. The van der Waals surface area contributed by atoms with E-state index in [1.165, 1.54) is 12.8 Å². The summed E-state index contributed by atoms with van der Waals surface area (Å²) in [5.41, 5.74) is 0. The molecule has 0 saturated carbocycles. The molecule has 1 heterocycles. The van der Waals surface area contributed by atoms with Crippen LogP contribution < -0.4 is 5.32 Å². The van der Waals surface area contributed by atoms with Gasteiger partial charge in [0.2, 0.25) is 5.91 Å². The minimum absolute atomic E-state index is 0.0983. The van der Waals surface area contributed by atoms with Crippen LogP contribution in [0.25, 0.3) is 0 Å². The van der Waals surface area contributed by atoms with Gasteiger partial charge in [0.05, 0.1) is 13.2 Å². The van der Waals surface area contributed by atoms with E-state index in [1.807, 2.05) is 6.92 Å². The summed E-state index contributed by atoms with van der Waals surface area (Å²) in [5.74, 6) is 0.922. The summed E-state index contributed by atoms with van der Waals surface area (Å²) in [6.07, 6.45) is 2.42. The highest BCUT2D eigenvalue weighted by Gasteiger charge is 2.18. The molecule has 1 amide bonds. The predicted molar refractivity (Wildman–Crippen MR) is 64.3 cm³/mol. The highest BCUT2D eigenvalue weighted by atomic mass is 16.5. The molecule has 4 nitrogen and oxygen atoms in total. The van der Waals surface area contributed by atoms with Gasteiger partial charge in [0.1, 0.15) is 0 Å². The Hall–Kier alpha value is -0.610. The van der Waals surface area contributed by atoms with Gasteiger partial charge >= 0.3 is 0 Å². The molecule has 1 aliphatic rings. The third kappa shape index (κ3) is 4.94. The molecule has 16 heavy (non-hydrogen) atoms. The number of hydrogen-bond acceptors (Lipinski definition) is 3. The Kier molecular flexibility index (Phi) is 5.77. The molecule has 0 aromatic heterocycles. The lowest BCUT2D eigenvalue weighted by molar-refractivity contribution is -0.123. The van der Waals surface area contributed by atoms with Crippen LogP contribution in [0, 0.1) is 5.92 Å². The Bertz CT molecular complexity index is 213. The first kappa shape index (κ1) is 13.5. The van der Waals surface area contributed by atoms with Crippen molar-refractivity contribution in [2.45, 2.75) is 32.7 Å². The van der Waals surface area contributed by atoms with Crippen LogP contribution in [0.2, 0.25) is 0 Å². The van der Waals surface area contributed by atoms with E-state index >= 15 is 0 Å². The van der Waals surface area contributed by atoms with Gasteiger partial charge in [-0.25, -0.2) is 0 Å². The first-order valence-corrected chi connectivity index (χ1v) is 6.12. The average Bonchev–Trinajstić information content (AvgIpc) is 2.21. The molecular weight excluding hydrogens is 204 g/mol. The molecule has 1 N–H and O–H groups in total. The normalized spacial score (nSPS) is 20.7. The lowest BCUT2D eigenvalue weighted by Gasteiger charge is -2.29. The summed E-state index contributed by atoms with van der Waals surface area (Å²) >= 11 is 0. The van der Waals surface area contributed by atoms with Crippen LogP contribution in [0.4, 0.5) is 0 Å². The maximum Gasteiger partial charge on any atom is 0.234 e. The minimum Gasteiger partial charge on any atom is -0.383 e. The summed E-state index contributed by atoms with van der Waals surface area (Å²) in [6.45, 7) is 7.43. The van der Waals surface area contributed by atoms with E-state index in [0.29, 0.717) is 13.2 Å². The second-order valence-electron chi connectivity index (χ2n) is 4.88. The van der Waals surface area contributed by atoms with Gasteiger partial charge in [0, 0.05) is 13.2 Å². The first-order chi connectivity index (χ1) is 7.61. The fraction of sp³-hybridized carbons (Fsp3) is 0.917. The number of rotatable bonds is 5. The van der Waals surface area contributed by atoms with E-state index in [1.54, 1.807) is 7.11 Å². The predicted octanol–water partition coefficient (Wildman–Crippen LogP) is 0.869. The van der Waals surface area contributed by atoms with E-state index in [0.717, 1.165) is 19.0 Å². The molecular formula is C12H24N2O2. The summed E-state index contributed by atoms with van der Waals surface area (Å²) in [4.78, 5) is 13.9.